The highest BCUT2D eigenvalue weighted by atomic mass is 19.4. The van der Waals surface area contributed by atoms with Crippen molar-refractivity contribution in [3.63, 3.8) is 0 Å². The lowest BCUT2D eigenvalue weighted by atomic mass is 9.88. The highest BCUT2D eigenvalue weighted by Gasteiger charge is 2.33. The van der Waals surface area contributed by atoms with Crippen molar-refractivity contribution in [2.75, 3.05) is 0 Å². The average molecular weight is 300 g/mol. The SMILES string of the molecule is CC(C)(C)CC(=O)CC(=O)Cc1ccccc1C(F)(F)F. The van der Waals surface area contributed by atoms with Crippen LogP contribution >= 0.6 is 0 Å². The topological polar surface area (TPSA) is 34.1 Å². The van der Waals surface area contributed by atoms with Crippen molar-refractivity contribution in [3.8, 4) is 0 Å². The molecule has 21 heavy (non-hydrogen) atoms. The van der Waals surface area contributed by atoms with E-state index in [1.807, 2.05) is 20.8 Å². The van der Waals surface area contributed by atoms with Gasteiger partial charge in [0.25, 0.3) is 0 Å². The van der Waals surface area contributed by atoms with Gasteiger partial charge in [-0.25, -0.2) is 0 Å². The van der Waals surface area contributed by atoms with E-state index in [0.717, 1.165) is 6.07 Å². The molecule has 1 aromatic carbocycles. The monoisotopic (exact) mass is 300 g/mol. The number of rotatable bonds is 5. The largest absolute Gasteiger partial charge is 0.416 e. The van der Waals surface area contributed by atoms with Crippen molar-refractivity contribution < 1.29 is 22.8 Å². The van der Waals surface area contributed by atoms with Crippen molar-refractivity contribution in [1.82, 2.24) is 0 Å². The molecule has 1 aromatic rings. The van der Waals surface area contributed by atoms with E-state index in [2.05, 4.69) is 0 Å². The second-order valence-electron chi connectivity index (χ2n) is 6.32. The molecule has 2 nitrogen and oxygen atoms in total. The molecular formula is C16H19F3O2. The summed E-state index contributed by atoms with van der Waals surface area (Å²) in [6.45, 7) is 5.61. The van der Waals surface area contributed by atoms with E-state index in [1.165, 1.54) is 18.2 Å². The van der Waals surface area contributed by atoms with E-state index in [1.54, 1.807) is 0 Å². The van der Waals surface area contributed by atoms with Gasteiger partial charge in [-0.15, -0.1) is 0 Å². The van der Waals surface area contributed by atoms with Crippen LogP contribution in [0.3, 0.4) is 0 Å². The summed E-state index contributed by atoms with van der Waals surface area (Å²) in [6.07, 6.45) is -4.94. The van der Waals surface area contributed by atoms with Crippen LogP contribution in [-0.4, -0.2) is 11.6 Å². The van der Waals surface area contributed by atoms with Crippen molar-refractivity contribution >= 4 is 11.6 Å². The van der Waals surface area contributed by atoms with E-state index in [0.29, 0.717) is 0 Å². The minimum absolute atomic E-state index is 0.0847. The van der Waals surface area contributed by atoms with Crippen molar-refractivity contribution in [2.45, 2.75) is 46.2 Å². The minimum atomic E-state index is -4.49. The number of hydrogen-bond acceptors (Lipinski definition) is 2. The smallest absolute Gasteiger partial charge is 0.299 e. The second-order valence-corrected chi connectivity index (χ2v) is 6.32. The number of halogens is 3. The molecule has 0 atom stereocenters. The first-order chi connectivity index (χ1) is 9.49. The molecule has 1 rings (SSSR count). The molecule has 116 valence electrons. The number of alkyl halides is 3. The van der Waals surface area contributed by atoms with E-state index < -0.39 is 17.5 Å². The van der Waals surface area contributed by atoms with Gasteiger partial charge in [-0.2, -0.15) is 13.2 Å². The normalized spacial score (nSPS) is 12.3. The molecule has 0 amide bonds. The summed E-state index contributed by atoms with van der Waals surface area (Å²) in [5, 5.41) is 0. The van der Waals surface area contributed by atoms with Gasteiger partial charge in [-0.3, -0.25) is 9.59 Å². The molecule has 0 unspecified atom stereocenters. The third-order valence-corrected chi connectivity index (χ3v) is 2.83. The molecular weight excluding hydrogens is 281 g/mol. The number of hydrogen-bond donors (Lipinski definition) is 0. The van der Waals surface area contributed by atoms with Crippen LogP contribution in [-0.2, 0) is 22.2 Å². The zero-order chi connectivity index (χ0) is 16.3. The fraction of sp³-hybridized carbons (Fsp3) is 0.500. The van der Waals surface area contributed by atoms with Crippen LogP contribution < -0.4 is 0 Å². The van der Waals surface area contributed by atoms with Crippen LogP contribution in [0, 0.1) is 5.41 Å². The maximum atomic E-state index is 12.8. The Morgan fingerprint density at radius 1 is 1.00 bits per heavy atom. The van der Waals surface area contributed by atoms with Gasteiger partial charge in [-0.05, 0) is 17.0 Å². The van der Waals surface area contributed by atoms with Crippen LogP contribution in [0.15, 0.2) is 24.3 Å². The molecule has 5 heteroatoms. The Hall–Kier alpha value is -1.65. The van der Waals surface area contributed by atoms with Crippen LogP contribution in [0.5, 0.6) is 0 Å². The first-order valence-corrected chi connectivity index (χ1v) is 6.67. The lowest BCUT2D eigenvalue weighted by molar-refractivity contribution is -0.138. The van der Waals surface area contributed by atoms with Crippen LogP contribution in [0.1, 0.15) is 44.7 Å². The van der Waals surface area contributed by atoms with Gasteiger partial charge in [-0.1, -0.05) is 39.0 Å². The summed E-state index contributed by atoms with van der Waals surface area (Å²) < 4.78 is 38.4. The summed E-state index contributed by atoms with van der Waals surface area (Å²) in [7, 11) is 0. The summed E-state index contributed by atoms with van der Waals surface area (Å²) in [6, 6.07) is 4.95. The first kappa shape index (κ1) is 17.4. The average Bonchev–Trinajstić information content (AvgIpc) is 2.24. The number of Topliss-reactive ketones (excluding diaryl/α,β-unsaturated/α-hetero) is 2. The molecule has 0 heterocycles. The Bertz CT molecular complexity index is 525. The van der Waals surface area contributed by atoms with Gasteiger partial charge >= 0.3 is 6.18 Å². The number of carbonyl (C=O) groups excluding carboxylic acids is 2. The standard InChI is InChI=1S/C16H19F3O2/c1-15(2,3)10-13(21)9-12(20)8-11-6-4-5-7-14(11)16(17,18)19/h4-7H,8-10H2,1-3H3. The molecule has 0 spiro atoms. The van der Waals surface area contributed by atoms with E-state index in [4.69, 9.17) is 0 Å². The summed E-state index contributed by atoms with van der Waals surface area (Å²) >= 11 is 0. The Morgan fingerprint density at radius 2 is 1.57 bits per heavy atom. The van der Waals surface area contributed by atoms with Crippen molar-refractivity contribution in [3.05, 3.63) is 35.4 Å². The Balaban J connectivity index is 2.75. The molecule has 0 aliphatic rings. The predicted octanol–water partition coefficient (Wildman–Crippen LogP) is 4.21. The molecule has 0 saturated heterocycles. The molecule has 0 aliphatic carbocycles. The second kappa shape index (κ2) is 6.41. The van der Waals surface area contributed by atoms with Crippen LogP contribution in [0.4, 0.5) is 13.2 Å². The lowest BCUT2D eigenvalue weighted by Gasteiger charge is -2.16. The van der Waals surface area contributed by atoms with Gasteiger partial charge in [0.05, 0.1) is 12.0 Å². The third kappa shape index (κ3) is 6.10. The minimum Gasteiger partial charge on any atom is -0.299 e. The molecule has 0 N–H and O–H groups in total. The van der Waals surface area contributed by atoms with Gasteiger partial charge in [0.15, 0.2) is 0 Å². The molecule has 0 saturated carbocycles. The molecule has 0 aliphatic heterocycles. The van der Waals surface area contributed by atoms with Gasteiger partial charge in [0.2, 0.25) is 0 Å². The maximum absolute atomic E-state index is 12.8. The number of benzene rings is 1. The number of carbonyl (C=O) groups is 2. The Labute approximate surface area is 122 Å². The highest BCUT2D eigenvalue weighted by Crippen LogP contribution is 2.32. The van der Waals surface area contributed by atoms with E-state index in [9.17, 15) is 22.8 Å². The van der Waals surface area contributed by atoms with E-state index in [-0.39, 0.29) is 36.0 Å². The van der Waals surface area contributed by atoms with Gasteiger partial charge in [0, 0.05) is 12.8 Å². The lowest BCUT2D eigenvalue weighted by Crippen LogP contribution is -2.18. The van der Waals surface area contributed by atoms with Crippen molar-refractivity contribution in [1.29, 1.82) is 0 Å². The molecule has 0 bridgehead atoms. The van der Waals surface area contributed by atoms with Gasteiger partial charge in [0.1, 0.15) is 11.6 Å². The zero-order valence-electron chi connectivity index (χ0n) is 12.4. The van der Waals surface area contributed by atoms with Crippen LogP contribution in [0.25, 0.3) is 0 Å². The number of ketones is 2. The summed E-state index contributed by atoms with van der Waals surface area (Å²) in [5.41, 5.74) is -1.14. The van der Waals surface area contributed by atoms with Crippen LogP contribution in [0.2, 0.25) is 0 Å². The highest BCUT2D eigenvalue weighted by molar-refractivity contribution is 6.00. The fourth-order valence-corrected chi connectivity index (χ4v) is 2.10. The van der Waals surface area contributed by atoms with Crippen molar-refractivity contribution in [2.24, 2.45) is 5.41 Å². The Morgan fingerprint density at radius 3 is 2.10 bits per heavy atom. The first-order valence-electron chi connectivity index (χ1n) is 6.67. The summed E-state index contributed by atoms with van der Waals surface area (Å²) in [4.78, 5) is 23.5. The predicted molar refractivity (Wildman–Crippen MR) is 73.9 cm³/mol. The fourth-order valence-electron chi connectivity index (χ4n) is 2.10. The summed E-state index contributed by atoms with van der Waals surface area (Å²) in [5.74, 6) is -0.724. The molecule has 0 fully saturated rings. The molecule has 0 radical (unpaired) electrons. The third-order valence-electron chi connectivity index (χ3n) is 2.83. The molecule has 0 aromatic heterocycles. The maximum Gasteiger partial charge on any atom is 0.416 e. The zero-order valence-corrected chi connectivity index (χ0v) is 12.4. The van der Waals surface area contributed by atoms with E-state index >= 15 is 0 Å². The quantitative estimate of drug-likeness (QED) is 0.763. The van der Waals surface area contributed by atoms with Gasteiger partial charge < -0.3 is 0 Å². The Kier molecular flexibility index (Phi) is 5.31.